The summed E-state index contributed by atoms with van der Waals surface area (Å²) in [6.45, 7) is 2.02. The van der Waals surface area contributed by atoms with E-state index < -0.39 is 12.1 Å². The Morgan fingerprint density at radius 1 is 1.56 bits per heavy atom. The van der Waals surface area contributed by atoms with E-state index in [4.69, 9.17) is 4.74 Å². The first kappa shape index (κ1) is 11.1. The summed E-state index contributed by atoms with van der Waals surface area (Å²) in [7, 11) is 0. The number of aliphatic hydroxyl groups excluding tert-OH is 1. The van der Waals surface area contributed by atoms with Crippen LogP contribution < -0.4 is 0 Å². The highest BCUT2D eigenvalue weighted by Crippen LogP contribution is 2.40. The second-order valence-electron chi connectivity index (χ2n) is 4.10. The number of esters is 1. The molecule has 3 nitrogen and oxygen atoms in total. The Morgan fingerprint density at radius 2 is 2.31 bits per heavy atom. The van der Waals surface area contributed by atoms with Gasteiger partial charge in [0.1, 0.15) is 0 Å². The fourth-order valence-corrected chi connectivity index (χ4v) is 1.76. The van der Waals surface area contributed by atoms with Gasteiger partial charge in [0, 0.05) is 0 Å². The third-order valence-corrected chi connectivity index (χ3v) is 2.79. The molecule has 0 saturated heterocycles. The van der Waals surface area contributed by atoms with Crippen LogP contribution in [0.3, 0.4) is 0 Å². The molecule has 86 valence electrons. The molecule has 1 fully saturated rings. The Morgan fingerprint density at radius 3 is 2.94 bits per heavy atom. The minimum absolute atomic E-state index is 0.290. The number of carbonyl (C=O) groups is 1. The molecule has 1 unspecified atom stereocenters. The highest BCUT2D eigenvalue weighted by atomic mass is 16.5. The van der Waals surface area contributed by atoms with Gasteiger partial charge < -0.3 is 9.84 Å². The van der Waals surface area contributed by atoms with Crippen LogP contribution in [0.5, 0.6) is 0 Å². The van der Waals surface area contributed by atoms with Crippen LogP contribution in [0, 0.1) is 0 Å². The van der Waals surface area contributed by atoms with Crippen LogP contribution in [0.1, 0.15) is 42.9 Å². The molecule has 0 bridgehead atoms. The fourth-order valence-electron chi connectivity index (χ4n) is 1.76. The number of rotatable bonds is 4. The average molecular weight is 220 g/mol. The van der Waals surface area contributed by atoms with Crippen molar-refractivity contribution in [3.05, 3.63) is 35.4 Å². The zero-order valence-corrected chi connectivity index (χ0v) is 9.35. The molecular weight excluding hydrogens is 204 g/mol. The fraction of sp³-hybridized carbons (Fsp3) is 0.462. The molecule has 1 atom stereocenters. The standard InChI is InChI=1S/C13H16O3/c1-2-16-13(15)12(14)11-5-3-4-10(8-11)9-6-7-9/h3-5,8-9,12,14H,2,6-7H2,1H3. The lowest BCUT2D eigenvalue weighted by atomic mass is 10.0. The molecule has 1 aromatic carbocycles. The molecule has 1 aliphatic rings. The van der Waals surface area contributed by atoms with Crippen LogP contribution in [0.2, 0.25) is 0 Å². The van der Waals surface area contributed by atoms with Crippen molar-refractivity contribution in [1.82, 2.24) is 0 Å². The Labute approximate surface area is 95.0 Å². The van der Waals surface area contributed by atoms with Gasteiger partial charge in [-0.05, 0) is 36.8 Å². The lowest BCUT2D eigenvalue weighted by Crippen LogP contribution is -2.15. The van der Waals surface area contributed by atoms with Crippen LogP contribution in [0.15, 0.2) is 24.3 Å². The predicted molar refractivity (Wildman–Crippen MR) is 60.0 cm³/mol. The molecule has 0 aliphatic heterocycles. The van der Waals surface area contributed by atoms with Gasteiger partial charge in [0.2, 0.25) is 0 Å². The molecule has 1 aromatic rings. The molecule has 0 aromatic heterocycles. The topological polar surface area (TPSA) is 46.5 Å². The number of carbonyl (C=O) groups excluding carboxylic acids is 1. The van der Waals surface area contributed by atoms with E-state index in [9.17, 15) is 9.90 Å². The van der Waals surface area contributed by atoms with Crippen LogP contribution in [-0.2, 0) is 9.53 Å². The third kappa shape index (κ3) is 2.42. The lowest BCUT2D eigenvalue weighted by molar-refractivity contribution is -0.153. The van der Waals surface area contributed by atoms with Crippen molar-refractivity contribution >= 4 is 5.97 Å². The second-order valence-corrected chi connectivity index (χ2v) is 4.10. The van der Waals surface area contributed by atoms with Gasteiger partial charge in [0.25, 0.3) is 0 Å². The van der Waals surface area contributed by atoms with Crippen molar-refractivity contribution in [2.24, 2.45) is 0 Å². The first-order valence-corrected chi connectivity index (χ1v) is 5.67. The molecule has 1 aliphatic carbocycles. The molecule has 3 heteroatoms. The zero-order chi connectivity index (χ0) is 11.5. The maximum atomic E-state index is 11.4. The van der Waals surface area contributed by atoms with Gasteiger partial charge in [0.15, 0.2) is 6.10 Å². The van der Waals surface area contributed by atoms with E-state index in [0.717, 1.165) is 0 Å². The summed E-state index contributed by atoms with van der Waals surface area (Å²) in [5.41, 5.74) is 1.84. The first-order chi connectivity index (χ1) is 7.72. The second kappa shape index (κ2) is 4.66. The molecule has 1 saturated carbocycles. The normalized spacial score (nSPS) is 16.9. The molecule has 0 heterocycles. The minimum Gasteiger partial charge on any atom is -0.464 e. The Hall–Kier alpha value is -1.35. The molecular formula is C13H16O3. The van der Waals surface area contributed by atoms with Crippen molar-refractivity contribution in [3.63, 3.8) is 0 Å². The Bertz CT molecular complexity index is 383. The SMILES string of the molecule is CCOC(=O)C(O)c1cccc(C2CC2)c1. The summed E-state index contributed by atoms with van der Waals surface area (Å²) in [5, 5.41) is 9.77. The maximum Gasteiger partial charge on any atom is 0.339 e. The van der Waals surface area contributed by atoms with Crippen molar-refractivity contribution in [2.75, 3.05) is 6.61 Å². The summed E-state index contributed by atoms with van der Waals surface area (Å²) in [4.78, 5) is 11.4. The van der Waals surface area contributed by atoms with Crippen LogP contribution >= 0.6 is 0 Å². The summed E-state index contributed by atoms with van der Waals surface area (Å²) in [6.07, 6.45) is 1.26. The van der Waals surface area contributed by atoms with Crippen LogP contribution in [-0.4, -0.2) is 17.7 Å². The van der Waals surface area contributed by atoms with E-state index in [1.165, 1.54) is 18.4 Å². The van der Waals surface area contributed by atoms with E-state index in [1.54, 1.807) is 13.0 Å². The molecule has 2 rings (SSSR count). The van der Waals surface area contributed by atoms with Crippen molar-refractivity contribution < 1.29 is 14.6 Å². The van der Waals surface area contributed by atoms with Gasteiger partial charge in [-0.2, -0.15) is 0 Å². The number of aliphatic hydroxyl groups is 1. The van der Waals surface area contributed by atoms with E-state index in [-0.39, 0.29) is 6.61 Å². The number of benzene rings is 1. The van der Waals surface area contributed by atoms with Gasteiger partial charge in [-0.1, -0.05) is 24.3 Å². The first-order valence-electron chi connectivity index (χ1n) is 5.67. The average Bonchev–Trinajstić information content (AvgIpc) is 3.12. The van der Waals surface area contributed by atoms with E-state index in [2.05, 4.69) is 0 Å². The highest BCUT2D eigenvalue weighted by molar-refractivity contribution is 5.76. The lowest BCUT2D eigenvalue weighted by Gasteiger charge is -2.10. The molecule has 1 N–H and O–H groups in total. The van der Waals surface area contributed by atoms with E-state index in [1.807, 2.05) is 18.2 Å². The zero-order valence-electron chi connectivity index (χ0n) is 9.35. The van der Waals surface area contributed by atoms with Crippen LogP contribution in [0.25, 0.3) is 0 Å². The summed E-state index contributed by atoms with van der Waals surface area (Å²) in [5.74, 6) is 0.0461. The smallest absolute Gasteiger partial charge is 0.339 e. The van der Waals surface area contributed by atoms with Crippen molar-refractivity contribution in [1.29, 1.82) is 0 Å². The van der Waals surface area contributed by atoms with Gasteiger partial charge in [-0.25, -0.2) is 4.79 Å². The largest absolute Gasteiger partial charge is 0.464 e. The number of hydrogen-bond donors (Lipinski definition) is 1. The molecule has 0 radical (unpaired) electrons. The third-order valence-electron chi connectivity index (χ3n) is 2.79. The maximum absolute atomic E-state index is 11.4. The van der Waals surface area contributed by atoms with Crippen LogP contribution in [0.4, 0.5) is 0 Å². The summed E-state index contributed by atoms with van der Waals surface area (Å²) in [6, 6.07) is 7.58. The van der Waals surface area contributed by atoms with E-state index in [0.29, 0.717) is 11.5 Å². The van der Waals surface area contributed by atoms with E-state index >= 15 is 0 Å². The number of ether oxygens (including phenoxy) is 1. The highest BCUT2D eigenvalue weighted by Gasteiger charge is 2.25. The van der Waals surface area contributed by atoms with Crippen molar-refractivity contribution in [3.8, 4) is 0 Å². The van der Waals surface area contributed by atoms with Crippen molar-refractivity contribution in [2.45, 2.75) is 31.8 Å². The molecule has 0 spiro atoms. The summed E-state index contributed by atoms with van der Waals surface area (Å²) >= 11 is 0. The monoisotopic (exact) mass is 220 g/mol. The van der Waals surface area contributed by atoms with Gasteiger partial charge in [-0.3, -0.25) is 0 Å². The predicted octanol–water partition coefficient (Wildman–Crippen LogP) is 2.16. The van der Waals surface area contributed by atoms with Gasteiger partial charge in [-0.15, -0.1) is 0 Å². The minimum atomic E-state index is -1.15. The Balaban J connectivity index is 2.12. The van der Waals surface area contributed by atoms with Gasteiger partial charge >= 0.3 is 5.97 Å². The Kier molecular flexibility index (Phi) is 3.25. The molecule has 0 amide bonds. The summed E-state index contributed by atoms with van der Waals surface area (Å²) < 4.78 is 4.79. The van der Waals surface area contributed by atoms with Gasteiger partial charge in [0.05, 0.1) is 6.61 Å². The molecule has 16 heavy (non-hydrogen) atoms. The number of hydrogen-bond acceptors (Lipinski definition) is 3. The quantitative estimate of drug-likeness (QED) is 0.791.